The van der Waals surface area contributed by atoms with Crippen molar-refractivity contribution in [1.29, 1.82) is 0 Å². The number of benzene rings is 1. The fraction of sp³-hybridized carbons (Fsp3) is 0.379. The van der Waals surface area contributed by atoms with Gasteiger partial charge in [-0.3, -0.25) is 14.6 Å². The van der Waals surface area contributed by atoms with Gasteiger partial charge in [0, 0.05) is 31.0 Å². The van der Waals surface area contributed by atoms with Gasteiger partial charge in [0.15, 0.2) is 0 Å². The smallest absolute Gasteiger partial charge is 0.269 e. The van der Waals surface area contributed by atoms with E-state index in [4.69, 9.17) is 0 Å². The van der Waals surface area contributed by atoms with Gasteiger partial charge < -0.3 is 15.5 Å². The number of anilines is 1. The quantitative estimate of drug-likeness (QED) is 0.583. The predicted octanol–water partition coefficient (Wildman–Crippen LogP) is 3.38. The van der Waals surface area contributed by atoms with E-state index in [-0.39, 0.29) is 11.8 Å². The number of hydrogen-bond acceptors (Lipinski definition) is 5. The van der Waals surface area contributed by atoms with Gasteiger partial charge in [-0.2, -0.15) is 0 Å². The predicted molar refractivity (Wildman–Crippen MR) is 138 cm³/mol. The van der Waals surface area contributed by atoms with E-state index in [1.807, 2.05) is 18.2 Å². The lowest BCUT2D eigenvalue weighted by Gasteiger charge is -2.32. The van der Waals surface area contributed by atoms with Crippen molar-refractivity contribution in [3.05, 3.63) is 88.4 Å². The lowest BCUT2D eigenvalue weighted by molar-refractivity contribution is -0.120. The molecule has 1 saturated heterocycles. The lowest BCUT2D eigenvalue weighted by atomic mass is 9.79. The van der Waals surface area contributed by atoms with Crippen LogP contribution in [0.15, 0.2) is 54.9 Å². The molecule has 0 radical (unpaired) electrons. The molecule has 1 unspecified atom stereocenters. The zero-order valence-electron chi connectivity index (χ0n) is 20.6. The third kappa shape index (κ3) is 3.97. The SMILES string of the molecule is Cc1ccccc1C1CCN(CCNC(=O)c2cc3c(cn2)CC2(C3)C(=O)Nc3ncccc32)CC1. The fourth-order valence-electron chi connectivity index (χ4n) is 6.21. The van der Waals surface area contributed by atoms with Crippen LogP contribution in [0.5, 0.6) is 0 Å². The summed E-state index contributed by atoms with van der Waals surface area (Å²) in [7, 11) is 0. The molecule has 184 valence electrons. The molecule has 2 aromatic heterocycles. The lowest BCUT2D eigenvalue weighted by Crippen LogP contribution is -2.39. The van der Waals surface area contributed by atoms with Crippen LogP contribution in [0.2, 0.25) is 0 Å². The molecule has 7 heteroatoms. The summed E-state index contributed by atoms with van der Waals surface area (Å²) in [5.41, 5.74) is 5.59. The Morgan fingerprint density at radius 3 is 2.75 bits per heavy atom. The Morgan fingerprint density at radius 2 is 1.92 bits per heavy atom. The Labute approximate surface area is 211 Å². The van der Waals surface area contributed by atoms with Gasteiger partial charge in [-0.25, -0.2) is 4.98 Å². The number of rotatable bonds is 5. The van der Waals surface area contributed by atoms with Crippen LogP contribution in [0.1, 0.15) is 57.1 Å². The van der Waals surface area contributed by atoms with Crippen LogP contribution >= 0.6 is 0 Å². The van der Waals surface area contributed by atoms with Gasteiger partial charge in [0.1, 0.15) is 11.5 Å². The Morgan fingerprint density at radius 1 is 1.11 bits per heavy atom. The second-order valence-electron chi connectivity index (χ2n) is 10.4. The number of pyridine rings is 2. The average molecular weight is 482 g/mol. The van der Waals surface area contributed by atoms with Gasteiger partial charge in [0.05, 0.1) is 5.41 Å². The van der Waals surface area contributed by atoms with E-state index in [1.165, 1.54) is 11.1 Å². The van der Waals surface area contributed by atoms with E-state index < -0.39 is 5.41 Å². The molecule has 1 aliphatic carbocycles. The topological polar surface area (TPSA) is 87.2 Å². The summed E-state index contributed by atoms with van der Waals surface area (Å²) in [6.45, 7) is 5.73. The van der Waals surface area contributed by atoms with Crippen molar-refractivity contribution in [2.24, 2.45) is 0 Å². The van der Waals surface area contributed by atoms with Gasteiger partial charge in [-0.15, -0.1) is 0 Å². The molecule has 6 rings (SSSR count). The van der Waals surface area contributed by atoms with Crippen LogP contribution in [-0.2, 0) is 23.1 Å². The highest BCUT2D eigenvalue weighted by Gasteiger charge is 2.51. The van der Waals surface area contributed by atoms with Crippen molar-refractivity contribution in [2.45, 2.75) is 43.9 Å². The van der Waals surface area contributed by atoms with E-state index in [1.54, 1.807) is 12.4 Å². The number of nitrogens with one attached hydrogen (secondary N) is 2. The Kier molecular flexibility index (Phi) is 5.80. The Bertz CT molecular complexity index is 1330. The molecule has 2 amide bonds. The molecular formula is C29H31N5O2. The second kappa shape index (κ2) is 9.13. The first-order valence-electron chi connectivity index (χ1n) is 12.8. The first kappa shape index (κ1) is 22.9. The first-order chi connectivity index (χ1) is 17.5. The van der Waals surface area contributed by atoms with Gasteiger partial charge in [0.25, 0.3) is 5.91 Å². The molecule has 4 heterocycles. The van der Waals surface area contributed by atoms with Crippen LogP contribution in [0.4, 0.5) is 5.82 Å². The minimum absolute atomic E-state index is 0.0235. The molecule has 7 nitrogen and oxygen atoms in total. The summed E-state index contributed by atoms with van der Waals surface area (Å²) in [4.78, 5) is 36.9. The van der Waals surface area contributed by atoms with Crippen molar-refractivity contribution in [2.75, 3.05) is 31.5 Å². The van der Waals surface area contributed by atoms with Crippen molar-refractivity contribution in [3.8, 4) is 0 Å². The maximum atomic E-state index is 12.9. The van der Waals surface area contributed by atoms with Crippen LogP contribution in [0.25, 0.3) is 0 Å². The van der Waals surface area contributed by atoms with Crippen molar-refractivity contribution in [3.63, 3.8) is 0 Å². The highest BCUT2D eigenvalue weighted by atomic mass is 16.2. The van der Waals surface area contributed by atoms with Gasteiger partial charge >= 0.3 is 0 Å². The van der Waals surface area contributed by atoms with E-state index in [0.29, 0.717) is 36.8 Å². The summed E-state index contributed by atoms with van der Waals surface area (Å²) >= 11 is 0. The van der Waals surface area contributed by atoms with Crippen LogP contribution in [0, 0.1) is 6.92 Å². The first-order valence-corrected chi connectivity index (χ1v) is 12.8. The van der Waals surface area contributed by atoms with Gasteiger partial charge in [0.2, 0.25) is 5.91 Å². The molecule has 0 bridgehead atoms. The molecular weight excluding hydrogens is 450 g/mol. The largest absolute Gasteiger partial charge is 0.349 e. The number of aryl methyl sites for hydroxylation is 1. The average Bonchev–Trinajstić information content (AvgIpc) is 3.41. The number of carbonyl (C=O) groups is 2. The molecule has 3 aromatic rings. The molecule has 1 atom stereocenters. The number of fused-ring (bicyclic) bond motifs is 3. The van der Waals surface area contributed by atoms with Crippen molar-refractivity contribution >= 4 is 17.6 Å². The van der Waals surface area contributed by atoms with E-state index >= 15 is 0 Å². The zero-order valence-corrected chi connectivity index (χ0v) is 20.6. The van der Waals surface area contributed by atoms with E-state index in [0.717, 1.165) is 49.2 Å². The second-order valence-corrected chi connectivity index (χ2v) is 10.4. The molecule has 3 aliphatic rings. The Balaban J connectivity index is 1.04. The number of aromatic nitrogens is 2. The van der Waals surface area contributed by atoms with Crippen LogP contribution < -0.4 is 10.6 Å². The van der Waals surface area contributed by atoms with Crippen LogP contribution in [0.3, 0.4) is 0 Å². The number of nitrogens with zero attached hydrogens (tertiary/aromatic N) is 3. The maximum absolute atomic E-state index is 12.9. The fourth-order valence-corrected chi connectivity index (χ4v) is 6.21. The maximum Gasteiger partial charge on any atom is 0.269 e. The molecule has 36 heavy (non-hydrogen) atoms. The summed E-state index contributed by atoms with van der Waals surface area (Å²) < 4.78 is 0. The number of likely N-dealkylation sites (tertiary alicyclic amines) is 1. The van der Waals surface area contributed by atoms with Crippen LogP contribution in [-0.4, -0.2) is 52.9 Å². The number of hydrogen-bond donors (Lipinski definition) is 2. The van der Waals surface area contributed by atoms with Crippen molar-refractivity contribution in [1.82, 2.24) is 20.2 Å². The number of piperidine rings is 1. The van der Waals surface area contributed by atoms with E-state index in [9.17, 15) is 9.59 Å². The standard InChI is InChI=1S/C29H31N5O2/c1-19-5-2-3-6-23(19)20-8-12-34(13-9-20)14-11-31-27(35)25-15-21-16-29(17-22(21)18-32-25)24-7-4-10-30-26(24)33-28(29)36/h2-7,10,15,18,20H,8-9,11-14,16-17H2,1H3,(H,31,35)(H,30,33,36). The highest BCUT2D eigenvalue weighted by Crippen LogP contribution is 2.46. The van der Waals surface area contributed by atoms with Gasteiger partial charge in [-0.05, 0) is 86.0 Å². The van der Waals surface area contributed by atoms with Crippen molar-refractivity contribution < 1.29 is 9.59 Å². The minimum Gasteiger partial charge on any atom is -0.349 e. The molecule has 1 aromatic carbocycles. The summed E-state index contributed by atoms with van der Waals surface area (Å²) in [5, 5.41) is 5.96. The molecule has 1 fully saturated rings. The minimum atomic E-state index is -0.646. The normalized spacial score (nSPS) is 21.3. The molecule has 1 spiro atoms. The third-order valence-electron chi connectivity index (χ3n) is 8.22. The molecule has 0 saturated carbocycles. The summed E-state index contributed by atoms with van der Waals surface area (Å²) in [5.74, 6) is 1.08. The number of carbonyl (C=O) groups excluding carboxylic acids is 2. The monoisotopic (exact) mass is 481 g/mol. The Hall–Kier alpha value is -3.58. The zero-order chi connectivity index (χ0) is 24.7. The molecule has 2 N–H and O–H groups in total. The summed E-state index contributed by atoms with van der Waals surface area (Å²) in [6.07, 6.45) is 6.90. The van der Waals surface area contributed by atoms with E-state index in [2.05, 4.69) is 56.7 Å². The molecule has 2 aliphatic heterocycles. The third-order valence-corrected chi connectivity index (χ3v) is 8.22. The van der Waals surface area contributed by atoms with Gasteiger partial charge in [-0.1, -0.05) is 30.3 Å². The highest BCUT2D eigenvalue weighted by molar-refractivity contribution is 6.06. The number of amides is 2. The summed E-state index contributed by atoms with van der Waals surface area (Å²) in [6, 6.07) is 14.4.